The van der Waals surface area contributed by atoms with E-state index in [0.717, 1.165) is 0 Å². The van der Waals surface area contributed by atoms with Crippen LogP contribution in [-0.4, -0.2) is 57.4 Å². The highest BCUT2D eigenvalue weighted by Crippen LogP contribution is 2.67. The number of nitrogens with zero attached hydrogens (tertiary/aromatic N) is 4. The molecule has 1 aliphatic rings. The molecule has 7 N–H and O–H groups in total. The first-order chi connectivity index (χ1) is 15.2. The van der Waals surface area contributed by atoms with E-state index in [0.29, 0.717) is 5.65 Å². The average molecular weight is 525 g/mol. The number of aromatic nitrogens is 4. The van der Waals surface area contributed by atoms with Crippen molar-refractivity contribution >= 4 is 40.4 Å². The third kappa shape index (κ3) is 4.95. The standard InChI is InChI=1S/C14H18N5O11P3/c1-3-14(5-28-32(24,25)30-33(26,27)29-31(21,22)23)8(2)11(9(14)4-20)19-7-18-10-12(15)16-6-17-13(10)19/h1,6-7,9,11,20H,2,4-5H2,(H,24,25)(H,26,27)(H2,15,16,17)(H2,21,22,23)/t9-,11+,14-/m0/s1. The van der Waals surface area contributed by atoms with Crippen molar-refractivity contribution in [3.8, 4) is 12.3 Å². The number of rotatable bonds is 9. The zero-order chi connectivity index (χ0) is 24.8. The van der Waals surface area contributed by atoms with Gasteiger partial charge in [-0.3, -0.25) is 4.52 Å². The maximum Gasteiger partial charge on any atom is 0.490 e. The van der Waals surface area contributed by atoms with Crippen LogP contribution in [0.15, 0.2) is 24.8 Å². The summed E-state index contributed by atoms with van der Waals surface area (Å²) in [6.45, 7) is 2.50. The monoisotopic (exact) mass is 525 g/mol. The van der Waals surface area contributed by atoms with Crippen LogP contribution in [0, 0.1) is 23.7 Å². The molecule has 0 aliphatic heterocycles. The average Bonchev–Trinajstić information content (AvgIpc) is 3.08. The van der Waals surface area contributed by atoms with Gasteiger partial charge < -0.3 is 35.0 Å². The van der Waals surface area contributed by atoms with Crippen LogP contribution in [0.4, 0.5) is 5.82 Å². The Morgan fingerprint density at radius 1 is 1.18 bits per heavy atom. The van der Waals surface area contributed by atoms with Crippen LogP contribution < -0.4 is 5.73 Å². The molecule has 0 amide bonds. The highest BCUT2D eigenvalue weighted by Gasteiger charge is 2.58. The van der Waals surface area contributed by atoms with E-state index in [4.69, 9.17) is 26.5 Å². The molecule has 33 heavy (non-hydrogen) atoms. The van der Waals surface area contributed by atoms with Gasteiger partial charge in [-0.15, -0.1) is 6.42 Å². The summed E-state index contributed by atoms with van der Waals surface area (Å²) in [6.07, 6.45) is 8.18. The molecule has 0 bridgehead atoms. The zero-order valence-corrected chi connectivity index (χ0v) is 19.1. The van der Waals surface area contributed by atoms with Gasteiger partial charge in [0.05, 0.1) is 31.0 Å². The number of phosphoric ester groups is 1. The number of terminal acetylenes is 1. The number of aliphatic hydroxyl groups is 1. The van der Waals surface area contributed by atoms with E-state index in [1.165, 1.54) is 17.2 Å². The van der Waals surface area contributed by atoms with Crippen LogP contribution >= 0.6 is 23.5 Å². The first-order valence-corrected chi connectivity index (χ1v) is 13.2. The molecule has 19 heteroatoms. The summed E-state index contributed by atoms with van der Waals surface area (Å²) in [6, 6.07) is -0.685. The maximum absolute atomic E-state index is 12.1. The molecule has 0 aromatic carbocycles. The molecule has 1 fully saturated rings. The van der Waals surface area contributed by atoms with Crippen molar-refractivity contribution in [1.29, 1.82) is 0 Å². The van der Waals surface area contributed by atoms with E-state index in [1.807, 2.05) is 0 Å². The minimum absolute atomic E-state index is 0.111. The minimum atomic E-state index is -5.70. The van der Waals surface area contributed by atoms with Gasteiger partial charge in [0, 0.05) is 5.92 Å². The summed E-state index contributed by atoms with van der Waals surface area (Å²) in [5.41, 5.74) is 5.06. The third-order valence-corrected chi connectivity index (χ3v) is 8.74. The fourth-order valence-electron chi connectivity index (χ4n) is 3.54. The number of hydrogen-bond donors (Lipinski definition) is 6. The van der Waals surface area contributed by atoms with Crippen LogP contribution in [0.5, 0.6) is 0 Å². The SMILES string of the molecule is C#C[C@]1(COP(=O)(O)OP(=O)(O)OP(=O)(O)O)C(=C)[C@@H](n2cnc3c(N)ncnc32)[C@@H]1CO. The van der Waals surface area contributed by atoms with Gasteiger partial charge in [0.2, 0.25) is 0 Å². The van der Waals surface area contributed by atoms with Gasteiger partial charge in [-0.2, -0.15) is 8.62 Å². The van der Waals surface area contributed by atoms with Crippen molar-refractivity contribution in [2.45, 2.75) is 6.04 Å². The number of phosphoric acid groups is 3. The van der Waals surface area contributed by atoms with Crippen LogP contribution in [0.3, 0.4) is 0 Å². The van der Waals surface area contributed by atoms with Crippen molar-refractivity contribution in [1.82, 2.24) is 19.5 Å². The lowest BCUT2D eigenvalue weighted by Gasteiger charge is -2.53. The van der Waals surface area contributed by atoms with Gasteiger partial charge in [-0.1, -0.05) is 12.5 Å². The maximum atomic E-state index is 12.1. The fraction of sp³-hybridized carbons (Fsp3) is 0.357. The predicted octanol–water partition coefficient (Wildman–Crippen LogP) is 0.0908. The summed E-state index contributed by atoms with van der Waals surface area (Å²) >= 11 is 0. The third-order valence-electron chi connectivity index (χ3n) is 4.96. The number of aliphatic hydroxyl groups excluding tert-OH is 1. The molecule has 16 nitrogen and oxygen atoms in total. The molecule has 2 heterocycles. The molecule has 3 rings (SSSR count). The number of nitrogens with two attached hydrogens (primary N) is 1. The molecule has 1 saturated carbocycles. The van der Waals surface area contributed by atoms with Gasteiger partial charge in [-0.05, 0) is 5.57 Å². The Kier molecular flexibility index (Phi) is 6.73. The number of imidazole rings is 1. The van der Waals surface area contributed by atoms with Gasteiger partial charge in [0.1, 0.15) is 11.8 Å². The van der Waals surface area contributed by atoms with Crippen LogP contribution in [0.2, 0.25) is 0 Å². The smallest absolute Gasteiger partial charge is 0.396 e. The van der Waals surface area contributed by atoms with E-state index in [2.05, 4.69) is 36.1 Å². The first kappa shape index (κ1) is 25.6. The number of anilines is 1. The van der Waals surface area contributed by atoms with E-state index in [1.54, 1.807) is 0 Å². The topological polar surface area (TPSA) is 250 Å². The Labute approximate surface area is 185 Å². The van der Waals surface area contributed by atoms with Crippen LogP contribution in [-0.2, 0) is 26.8 Å². The van der Waals surface area contributed by atoms with E-state index in [-0.39, 0.29) is 16.9 Å². The highest BCUT2D eigenvalue weighted by molar-refractivity contribution is 7.66. The molecular formula is C14H18N5O11P3. The normalized spacial score (nSPS) is 26.8. The highest BCUT2D eigenvalue weighted by atomic mass is 31.3. The lowest BCUT2D eigenvalue weighted by atomic mass is 9.54. The second-order valence-electron chi connectivity index (χ2n) is 6.82. The molecule has 2 unspecified atom stereocenters. The Balaban J connectivity index is 1.82. The lowest BCUT2D eigenvalue weighted by Crippen LogP contribution is -2.54. The summed E-state index contributed by atoms with van der Waals surface area (Å²) in [7, 11) is -16.7. The second kappa shape index (κ2) is 8.66. The molecule has 2 aromatic rings. The molecule has 0 radical (unpaired) electrons. The lowest BCUT2D eigenvalue weighted by molar-refractivity contribution is 0.00745. The first-order valence-electron chi connectivity index (χ1n) is 8.65. The summed E-state index contributed by atoms with van der Waals surface area (Å²) in [4.78, 5) is 48.2. The van der Waals surface area contributed by atoms with E-state index in [9.17, 15) is 28.6 Å². The largest absolute Gasteiger partial charge is 0.490 e. The molecule has 5 atom stereocenters. The molecule has 0 spiro atoms. The molecule has 180 valence electrons. The summed E-state index contributed by atoms with van der Waals surface area (Å²) in [5, 5.41) is 9.97. The minimum Gasteiger partial charge on any atom is -0.396 e. The predicted molar refractivity (Wildman–Crippen MR) is 110 cm³/mol. The van der Waals surface area contributed by atoms with Gasteiger partial charge >= 0.3 is 23.5 Å². The van der Waals surface area contributed by atoms with Crippen molar-refractivity contribution in [3.05, 3.63) is 24.8 Å². The number of fused-ring (bicyclic) bond motifs is 1. The van der Waals surface area contributed by atoms with Crippen molar-refractivity contribution < 1.29 is 51.5 Å². The van der Waals surface area contributed by atoms with Gasteiger partial charge in [0.25, 0.3) is 0 Å². The van der Waals surface area contributed by atoms with Gasteiger partial charge in [-0.25, -0.2) is 28.6 Å². The summed E-state index contributed by atoms with van der Waals surface area (Å²) in [5.74, 6) is 1.60. The number of nitrogen functional groups attached to an aromatic ring is 1. The molecule has 0 saturated heterocycles. The van der Waals surface area contributed by atoms with Crippen molar-refractivity contribution in [3.63, 3.8) is 0 Å². The van der Waals surface area contributed by atoms with Crippen LogP contribution in [0.25, 0.3) is 11.2 Å². The Morgan fingerprint density at radius 2 is 1.85 bits per heavy atom. The van der Waals surface area contributed by atoms with E-state index >= 15 is 0 Å². The zero-order valence-electron chi connectivity index (χ0n) is 16.4. The van der Waals surface area contributed by atoms with Crippen LogP contribution in [0.1, 0.15) is 6.04 Å². The molecule has 2 aromatic heterocycles. The Hall–Kier alpha value is -1.98. The quantitative estimate of drug-likeness (QED) is 0.144. The fourth-order valence-corrected chi connectivity index (χ4v) is 6.60. The number of hydrogen-bond acceptors (Lipinski definition) is 11. The van der Waals surface area contributed by atoms with Gasteiger partial charge in [0.15, 0.2) is 11.5 Å². The summed E-state index contributed by atoms with van der Waals surface area (Å²) < 4.78 is 47.9. The van der Waals surface area contributed by atoms with E-state index < -0.39 is 54.1 Å². The molecular weight excluding hydrogens is 507 g/mol. The molecule has 1 aliphatic carbocycles. The second-order valence-corrected chi connectivity index (χ2v) is 11.2. The van der Waals surface area contributed by atoms with Crippen molar-refractivity contribution in [2.75, 3.05) is 18.9 Å². The Morgan fingerprint density at radius 3 is 2.42 bits per heavy atom. The Bertz CT molecular complexity index is 1290. The van der Waals surface area contributed by atoms with Crippen molar-refractivity contribution in [2.24, 2.45) is 11.3 Å².